The van der Waals surface area contributed by atoms with Crippen LogP contribution in [-0.2, 0) is 14.3 Å². The van der Waals surface area contributed by atoms with Crippen molar-refractivity contribution in [1.29, 1.82) is 0 Å². The van der Waals surface area contributed by atoms with E-state index in [9.17, 15) is 19.5 Å². The number of carbonyl (C=O) groups excluding carboxylic acids is 3. The summed E-state index contributed by atoms with van der Waals surface area (Å²) < 4.78 is 5.01. The second kappa shape index (κ2) is 10.5. The average Bonchev–Trinajstić information content (AvgIpc) is 2.84. The van der Waals surface area contributed by atoms with Crippen LogP contribution >= 0.6 is 67.8 Å². The molecule has 5 aliphatic rings. The summed E-state index contributed by atoms with van der Waals surface area (Å²) in [4.78, 5) is 40.9. The van der Waals surface area contributed by atoms with Gasteiger partial charge >= 0.3 is 300 Å². The molecule has 5 nitrogen and oxygen atoms in total. The molecule has 0 bridgehead atoms. The van der Waals surface area contributed by atoms with E-state index < -0.39 is 39.1 Å². The Labute approximate surface area is 296 Å². The van der Waals surface area contributed by atoms with Gasteiger partial charge in [0.25, 0.3) is 0 Å². The van der Waals surface area contributed by atoms with Gasteiger partial charge < -0.3 is 0 Å². The van der Waals surface area contributed by atoms with Crippen molar-refractivity contribution in [2.24, 2.45) is 34.0 Å². The molecule has 0 aromatic heterocycles. The van der Waals surface area contributed by atoms with Gasteiger partial charge in [0.1, 0.15) is 0 Å². The van der Waals surface area contributed by atoms with Crippen LogP contribution in [0.15, 0.2) is 23.5 Å². The van der Waals surface area contributed by atoms with Crippen LogP contribution in [0.3, 0.4) is 0 Å². The second-order valence-electron chi connectivity index (χ2n) is 15.0. The number of fused-ring (bicyclic) bond motifs is 7. The van der Waals surface area contributed by atoms with E-state index in [0.29, 0.717) is 5.92 Å². The van der Waals surface area contributed by atoms with E-state index in [1.807, 2.05) is 33.8 Å². The first kappa shape index (κ1) is 33.4. The minimum absolute atomic E-state index is 0.0243. The van der Waals surface area contributed by atoms with Gasteiger partial charge in [-0.15, -0.1) is 0 Å². The Hall–Kier alpha value is 1.01. The van der Waals surface area contributed by atoms with Crippen molar-refractivity contribution in [3.63, 3.8) is 0 Å². The number of aliphatic hydroxyl groups excluding tert-OH is 1. The van der Waals surface area contributed by atoms with Gasteiger partial charge in [-0.2, -0.15) is 0 Å². The molecule has 0 saturated heterocycles. The molecular weight excluding hydrogens is 972 g/mol. The van der Waals surface area contributed by atoms with Crippen molar-refractivity contribution in [2.45, 2.75) is 109 Å². The Bertz CT molecular complexity index is 1250. The summed E-state index contributed by atoms with van der Waals surface area (Å²) in [5, 5.41) is 10.8. The fourth-order valence-corrected chi connectivity index (χ4v) is 18.9. The predicted octanol–water partition coefficient (Wildman–Crippen LogP) is 5.72. The number of halogens is 4. The van der Waals surface area contributed by atoms with Gasteiger partial charge in [-0.05, 0) is 0 Å². The monoisotopic (exact) mass is 1010 g/mol. The molecule has 0 heterocycles. The molecular formula is C32H43I4O5-. The topological polar surface area (TPSA) is 80.7 Å². The van der Waals surface area contributed by atoms with Crippen LogP contribution in [0.5, 0.6) is 0 Å². The zero-order valence-electron chi connectivity index (χ0n) is 25.1. The van der Waals surface area contributed by atoms with Crippen LogP contribution < -0.4 is 21.2 Å². The number of rotatable bonds is 3. The standard InChI is InChI=1S/C32H43I4O5/c1-18-9-8-12-30(17-36-25(40)41-26(2,3)4)14-11-21-27(5)13-10-20-28(6,16-19(37)24(39)29(20,7)33)22(27)15-23(38)31(21,34)32(18,30)35/h15-16,18,20-21,37H,8-14,17H2,1-7H3/q-1. The molecule has 0 aromatic rings. The first-order valence-electron chi connectivity index (χ1n) is 14.8. The molecule has 5 aliphatic carbocycles. The summed E-state index contributed by atoms with van der Waals surface area (Å²) in [5.74, 6) is 0.358. The van der Waals surface area contributed by atoms with Crippen LogP contribution in [0.4, 0.5) is 4.79 Å². The number of ketones is 2. The van der Waals surface area contributed by atoms with E-state index in [1.165, 1.54) is 0 Å². The molecule has 3 saturated carbocycles. The maximum atomic E-state index is 14.8. The first-order chi connectivity index (χ1) is 18.7. The number of ether oxygens (including phenoxy) is 1. The van der Waals surface area contributed by atoms with Gasteiger partial charge in [0.15, 0.2) is 0 Å². The van der Waals surface area contributed by atoms with Crippen LogP contribution in [0.25, 0.3) is 0 Å². The van der Waals surface area contributed by atoms with E-state index in [2.05, 4.69) is 88.5 Å². The van der Waals surface area contributed by atoms with Crippen LogP contribution in [0.2, 0.25) is 0 Å². The van der Waals surface area contributed by atoms with E-state index in [-0.39, 0.29) is 47.4 Å². The number of carbonyl (C=O) groups is 3. The molecule has 0 amide bonds. The third-order valence-electron chi connectivity index (χ3n) is 11.5. The van der Waals surface area contributed by atoms with Crippen molar-refractivity contribution in [3.05, 3.63) is 23.5 Å². The average molecular weight is 1020 g/mol. The zero-order chi connectivity index (χ0) is 30.6. The Morgan fingerprint density at radius 3 is 2.32 bits per heavy atom. The molecule has 230 valence electrons. The summed E-state index contributed by atoms with van der Waals surface area (Å²) in [5.41, 5.74) is -0.208. The Morgan fingerprint density at radius 1 is 1.05 bits per heavy atom. The van der Waals surface area contributed by atoms with Crippen molar-refractivity contribution in [3.8, 4) is 0 Å². The van der Waals surface area contributed by atoms with Crippen LogP contribution in [-0.4, -0.2) is 40.9 Å². The zero-order valence-corrected chi connectivity index (χ0v) is 33.8. The molecule has 5 rings (SSSR count). The molecule has 9 unspecified atom stereocenters. The molecule has 0 radical (unpaired) electrons. The van der Waals surface area contributed by atoms with Crippen molar-refractivity contribution >= 4 is 83.3 Å². The molecule has 9 heteroatoms. The third kappa shape index (κ3) is 4.64. The van der Waals surface area contributed by atoms with Crippen LogP contribution in [0, 0.1) is 34.0 Å². The Kier molecular flexibility index (Phi) is 8.56. The number of Topliss-reactive ketones (excluding diaryl/α,β-unsaturated/α-hetero) is 1. The molecule has 1 N–H and O–H groups in total. The van der Waals surface area contributed by atoms with Gasteiger partial charge in [-0.25, -0.2) is 0 Å². The summed E-state index contributed by atoms with van der Waals surface area (Å²) >= 11 is 6.72. The van der Waals surface area contributed by atoms with E-state index >= 15 is 0 Å². The molecule has 3 fully saturated rings. The molecule has 41 heavy (non-hydrogen) atoms. The number of allylic oxidation sites excluding steroid dienone is 4. The van der Waals surface area contributed by atoms with Gasteiger partial charge in [0.2, 0.25) is 0 Å². The molecule has 9 atom stereocenters. The van der Waals surface area contributed by atoms with E-state index in [4.69, 9.17) is 4.74 Å². The van der Waals surface area contributed by atoms with Crippen molar-refractivity contribution in [1.82, 2.24) is 0 Å². The van der Waals surface area contributed by atoms with Crippen molar-refractivity contribution in [2.75, 3.05) is 4.43 Å². The van der Waals surface area contributed by atoms with Gasteiger partial charge in [-0.1, -0.05) is 0 Å². The number of hydrogen-bond donors (Lipinski definition) is 1. The minimum atomic E-state index is -0.833. The maximum absolute atomic E-state index is 14.8. The Balaban J connectivity index is 1.61. The van der Waals surface area contributed by atoms with Gasteiger partial charge in [0, 0.05) is 0 Å². The Morgan fingerprint density at radius 2 is 1.68 bits per heavy atom. The summed E-state index contributed by atoms with van der Waals surface area (Å²) in [6.07, 6.45) is 10.8. The predicted molar refractivity (Wildman–Crippen MR) is 183 cm³/mol. The molecule has 0 spiro atoms. The third-order valence-corrected chi connectivity index (χ3v) is 21.7. The fraction of sp³-hybridized carbons (Fsp3) is 0.781. The van der Waals surface area contributed by atoms with Crippen molar-refractivity contribution < 1.29 is 45.4 Å². The molecule has 0 aromatic carbocycles. The van der Waals surface area contributed by atoms with E-state index in [0.717, 1.165) is 54.9 Å². The number of hydrogen-bond acceptors (Lipinski definition) is 5. The van der Waals surface area contributed by atoms with E-state index in [1.54, 1.807) is 6.08 Å². The first-order valence-corrected chi connectivity index (χ1v) is 20.7. The summed E-state index contributed by atoms with van der Waals surface area (Å²) in [6.45, 7) is 14.6. The normalized spacial score (nSPS) is 47.8. The summed E-state index contributed by atoms with van der Waals surface area (Å²) in [7, 11) is 0. The SMILES string of the molecule is CC1CCCC2(C[I-]C(=O)OC(C)(C)C)CCC3C4(C)CCC5C(C)(I)C(=O)C(O)=CC5(C)C4=CC(=O)C3(I)C12I. The van der Waals surface area contributed by atoms with Gasteiger partial charge in [0.05, 0.1) is 0 Å². The van der Waals surface area contributed by atoms with Gasteiger partial charge in [-0.3, -0.25) is 0 Å². The number of aliphatic hydroxyl groups is 1. The second-order valence-corrected chi connectivity index (χ2v) is 23.0. The number of alkyl halides is 4. The molecule has 0 aliphatic heterocycles. The fourth-order valence-electron chi connectivity index (χ4n) is 9.74. The summed E-state index contributed by atoms with van der Waals surface area (Å²) in [6, 6.07) is 0. The van der Waals surface area contributed by atoms with Crippen LogP contribution in [0.1, 0.15) is 93.4 Å². The quantitative estimate of drug-likeness (QED) is 0.223.